The van der Waals surface area contributed by atoms with Gasteiger partial charge in [-0.25, -0.2) is 0 Å². The van der Waals surface area contributed by atoms with Crippen molar-refractivity contribution < 1.29 is 80.3 Å². The molecule has 3 rings (SSSR count). The Hall–Kier alpha value is -0.988. The maximum absolute atomic E-state index is 13.0. The van der Waals surface area contributed by atoms with E-state index in [-0.39, 0.29) is 49.7 Å². The predicted molar refractivity (Wildman–Crippen MR) is 141 cm³/mol. The Morgan fingerprint density at radius 3 is 1.81 bits per heavy atom. The van der Waals surface area contributed by atoms with Crippen LogP contribution in [0.4, 0.5) is 0 Å². The first-order valence-electron chi connectivity index (χ1n) is 12.6. The molecule has 2 saturated heterocycles. The van der Waals surface area contributed by atoms with Gasteiger partial charge in [0.2, 0.25) is 5.91 Å². The summed E-state index contributed by atoms with van der Waals surface area (Å²) in [6.45, 7) is -1.41. The van der Waals surface area contributed by atoms with Crippen molar-refractivity contribution >= 4 is 37.1 Å². The zero-order valence-electron chi connectivity index (χ0n) is 21.8. The molecule has 0 aromatic carbocycles. The van der Waals surface area contributed by atoms with Crippen LogP contribution in [0.5, 0.6) is 0 Å². The van der Waals surface area contributed by atoms with Crippen LogP contribution in [0.1, 0.15) is 21.7 Å². The minimum absolute atomic E-state index is 0. The normalized spacial score (nSPS) is 33.8. The minimum Gasteiger partial charge on any atom is -0.791 e. The van der Waals surface area contributed by atoms with E-state index in [0.717, 1.165) is 0 Å². The second-order valence-electron chi connectivity index (χ2n) is 9.57. The van der Waals surface area contributed by atoms with Crippen LogP contribution in [0.25, 0.3) is 0 Å². The van der Waals surface area contributed by atoms with Crippen LogP contribution in [0.3, 0.4) is 0 Å². The van der Waals surface area contributed by atoms with Gasteiger partial charge in [0.15, 0.2) is 12.6 Å². The molecular formula is C23H34N4O12PdS2. The molecular weight excluding hydrogens is 695 g/mol. The second-order valence-corrected chi connectivity index (χ2v) is 10.2. The molecule has 3 heterocycles. The number of aromatic nitrogens is 1. The van der Waals surface area contributed by atoms with Gasteiger partial charge in [0, 0.05) is 17.8 Å². The standard InChI is InChI=1S/C23H36N4O12S2.Pd/c28-4-12-16(30)18(32)14(22(36)38-12)26-20(34)8-1-9(25-10(2-8)6-40)3-24-11(7-41)21(35)27-15-19(33)17(31)13(5-29)39-23(15)37;/h1-2,11-19,22-24,28-33,36-37,40-41H,3-7H2,(H,26,34)(H,27,35);/q;+2/p-2. The SMILES string of the molecule is O=C(NC1C(O)OC(CO)C(O)C1O)c1cc(C[S-])nc(CNC(C[S-])C(=O)NC2C(O)OC(CO)C(O)C2O)c1.[Pd+2]. The van der Waals surface area contributed by atoms with E-state index in [0.29, 0.717) is 5.69 Å². The van der Waals surface area contributed by atoms with Gasteiger partial charge >= 0.3 is 20.4 Å². The fraction of sp³-hybridized carbons (Fsp3) is 0.696. The molecule has 1 aromatic heterocycles. The molecule has 19 heteroatoms. The third-order valence-corrected chi connectivity index (χ3v) is 7.39. The molecule has 2 aliphatic rings. The molecule has 0 saturated carbocycles. The molecule has 11 unspecified atom stereocenters. The first kappa shape index (κ1) is 37.2. The smallest absolute Gasteiger partial charge is 0.791 e. The summed E-state index contributed by atoms with van der Waals surface area (Å²) in [5, 5.41) is 87.0. The fourth-order valence-electron chi connectivity index (χ4n) is 4.41. The summed E-state index contributed by atoms with van der Waals surface area (Å²) in [5.74, 6) is -1.64. The molecule has 42 heavy (non-hydrogen) atoms. The monoisotopic (exact) mass is 728 g/mol. The zero-order valence-corrected chi connectivity index (χ0v) is 25.0. The van der Waals surface area contributed by atoms with E-state index < -0.39 is 92.4 Å². The van der Waals surface area contributed by atoms with Crippen molar-refractivity contribution in [2.75, 3.05) is 19.0 Å². The summed E-state index contributed by atoms with van der Waals surface area (Å²) >= 11 is 10.1. The van der Waals surface area contributed by atoms with Crippen molar-refractivity contribution in [1.29, 1.82) is 0 Å². The van der Waals surface area contributed by atoms with Crippen LogP contribution < -0.4 is 16.0 Å². The van der Waals surface area contributed by atoms with Gasteiger partial charge in [-0.15, -0.1) is 5.75 Å². The van der Waals surface area contributed by atoms with Gasteiger partial charge in [-0.2, -0.15) is 5.75 Å². The Bertz CT molecular complexity index is 1050. The quantitative estimate of drug-likeness (QED) is 0.0748. The van der Waals surface area contributed by atoms with Crippen LogP contribution in [-0.4, -0.2) is 144 Å². The number of ether oxygens (including phenoxy) is 2. The molecule has 2 amide bonds. The molecule has 0 spiro atoms. The third kappa shape index (κ3) is 8.81. The van der Waals surface area contributed by atoms with Gasteiger partial charge in [-0.1, -0.05) is 0 Å². The molecule has 2 aliphatic heterocycles. The van der Waals surface area contributed by atoms with E-state index in [1.807, 2.05) is 0 Å². The largest absolute Gasteiger partial charge is 2.00 e. The number of nitrogens with zero attached hydrogens (tertiary/aromatic N) is 1. The van der Waals surface area contributed by atoms with E-state index in [2.05, 4.69) is 20.9 Å². The molecule has 1 aromatic rings. The molecule has 240 valence electrons. The number of carbonyl (C=O) groups is 2. The first-order chi connectivity index (χ1) is 19.4. The fourth-order valence-corrected chi connectivity index (χ4v) is 4.82. The topological polar surface area (TPSA) is 263 Å². The van der Waals surface area contributed by atoms with Crippen molar-refractivity contribution in [3.05, 3.63) is 29.1 Å². The number of hydrogen-bond donors (Lipinski definition) is 11. The number of pyridine rings is 1. The Labute approximate surface area is 265 Å². The minimum atomic E-state index is -1.72. The van der Waals surface area contributed by atoms with Crippen LogP contribution >= 0.6 is 0 Å². The Morgan fingerprint density at radius 1 is 0.833 bits per heavy atom. The van der Waals surface area contributed by atoms with Crippen molar-refractivity contribution in [3.8, 4) is 0 Å². The summed E-state index contributed by atoms with van der Waals surface area (Å²) in [6.07, 6.45) is -12.3. The number of rotatable bonds is 11. The maximum atomic E-state index is 13.0. The van der Waals surface area contributed by atoms with Gasteiger partial charge in [0.25, 0.3) is 5.91 Å². The van der Waals surface area contributed by atoms with Crippen molar-refractivity contribution in [3.63, 3.8) is 0 Å². The average molecular weight is 729 g/mol. The zero-order chi connectivity index (χ0) is 30.4. The molecule has 16 nitrogen and oxygen atoms in total. The van der Waals surface area contributed by atoms with Gasteiger partial charge < -0.3 is 91.5 Å². The van der Waals surface area contributed by atoms with Crippen LogP contribution in [0, 0.1) is 0 Å². The van der Waals surface area contributed by atoms with E-state index in [4.69, 9.17) is 34.7 Å². The molecule has 11 atom stereocenters. The third-order valence-electron chi connectivity index (χ3n) is 6.76. The summed E-state index contributed by atoms with van der Waals surface area (Å²) in [4.78, 5) is 30.1. The number of carbonyl (C=O) groups excluding carboxylic acids is 2. The van der Waals surface area contributed by atoms with Crippen LogP contribution in [-0.2, 0) is 72.2 Å². The van der Waals surface area contributed by atoms with Crippen molar-refractivity contribution in [2.24, 2.45) is 0 Å². The Balaban J connectivity index is 0.00000616. The Morgan fingerprint density at radius 2 is 1.33 bits per heavy atom. The predicted octanol–water partition coefficient (Wildman–Crippen LogP) is -6.42. The summed E-state index contributed by atoms with van der Waals surface area (Å²) in [7, 11) is 0. The van der Waals surface area contributed by atoms with Gasteiger partial charge in [0.05, 0.1) is 24.9 Å². The molecule has 2 fully saturated rings. The Kier molecular flexibility index (Phi) is 15.0. The van der Waals surface area contributed by atoms with E-state index in [1.165, 1.54) is 12.1 Å². The maximum Gasteiger partial charge on any atom is 2.00 e. The van der Waals surface area contributed by atoms with E-state index in [9.17, 15) is 50.4 Å². The number of nitrogens with one attached hydrogen (secondary N) is 3. The average Bonchev–Trinajstić information content (AvgIpc) is 2.96. The van der Waals surface area contributed by atoms with Gasteiger partial charge in [-0.05, 0) is 12.1 Å². The molecule has 0 aliphatic carbocycles. The second kappa shape index (κ2) is 16.9. The molecule has 11 N–H and O–H groups in total. The van der Waals surface area contributed by atoms with Crippen molar-refractivity contribution in [1.82, 2.24) is 20.9 Å². The summed E-state index contributed by atoms with van der Waals surface area (Å²) in [6, 6.07) is -1.14. The van der Waals surface area contributed by atoms with Gasteiger partial charge in [-0.3, -0.25) is 14.6 Å². The number of aliphatic hydroxyl groups excluding tert-OH is 8. The number of hydrogen-bond acceptors (Lipinski definition) is 16. The van der Waals surface area contributed by atoms with Crippen LogP contribution in [0.2, 0.25) is 0 Å². The van der Waals surface area contributed by atoms with E-state index in [1.54, 1.807) is 0 Å². The molecule has 0 radical (unpaired) electrons. The number of amides is 2. The van der Waals surface area contributed by atoms with Gasteiger partial charge in [0.1, 0.15) is 48.7 Å². The van der Waals surface area contributed by atoms with Crippen molar-refractivity contribution in [2.45, 2.75) is 79.6 Å². The van der Waals surface area contributed by atoms with E-state index >= 15 is 0 Å². The summed E-state index contributed by atoms with van der Waals surface area (Å²) < 4.78 is 10.1. The first-order valence-corrected chi connectivity index (χ1v) is 13.7. The number of aliphatic hydroxyl groups is 8. The van der Waals surface area contributed by atoms with Crippen LogP contribution in [0.15, 0.2) is 12.1 Å². The molecule has 0 bridgehead atoms. The summed E-state index contributed by atoms with van der Waals surface area (Å²) in [5.41, 5.74) is 0.623.